The molecule has 2 rings (SSSR count). The minimum Gasteiger partial charge on any atom is -0.478 e. The van der Waals surface area contributed by atoms with Gasteiger partial charge in [0.05, 0.1) is 9.95 Å². The van der Waals surface area contributed by atoms with Gasteiger partial charge in [-0.3, -0.25) is 10.1 Å². The molecule has 0 fully saturated rings. The maximum absolute atomic E-state index is 11.2. The fourth-order valence-electron chi connectivity index (χ4n) is 1.61. The number of benzene rings is 2. The van der Waals surface area contributed by atoms with Crippen molar-refractivity contribution >= 4 is 39.2 Å². The third-order valence-corrected chi connectivity index (χ3v) is 3.32. The predicted molar refractivity (Wildman–Crippen MR) is 79.3 cm³/mol. The minimum absolute atomic E-state index is 0.0171. The maximum Gasteiger partial charge on any atom is 0.339 e. The first-order valence-corrected chi connectivity index (χ1v) is 6.71. The van der Waals surface area contributed by atoms with Crippen molar-refractivity contribution in [3.8, 4) is 11.5 Å². The molecule has 8 heteroatoms. The van der Waals surface area contributed by atoms with E-state index in [1.807, 2.05) is 0 Å². The van der Waals surface area contributed by atoms with Crippen LogP contribution in [0.4, 0.5) is 5.69 Å². The molecule has 0 bridgehead atoms. The number of ether oxygens (including phenoxy) is 1. The number of halogens is 2. The van der Waals surface area contributed by atoms with Gasteiger partial charge in [0.1, 0.15) is 11.3 Å². The SMILES string of the molecule is O=C(O)c1cc(Br)ccc1Oc1c(Cl)cccc1[N+](=O)[O-]. The van der Waals surface area contributed by atoms with Gasteiger partial charge < -0.3 is 9.84 Å². The van der Waals surface area contributed by atoms with Crippen LogP contribution in [0.3, 0.4) is 0 Å². The van der Waals surface area contributed by atoms with Gasteiger partial charge in [0.15, 0.2) is 0 Å². The van der Waals surface area contributed by atoms with Gasteiger partial charge in [0, 0.05) is 10.5 Å². The predicted octanol–water partition coefficient (Wildman–Crippen LogP) is 4.50. The van der Waals surface area contributed by atoms with Crippen molar-refractivity contribution in [3.05, 3.63) is 61.6 Å². The van der Waals surface area contributed by atoms with Crippen LogP contribution in [0.25, 0.3) is 0 Å². The molecule has 6 nitrogen and oxygen atoms in total. The van der Waals surface area contributed by atoms with Crippen LogP contribution in [0.2, 0.25) is 5.02 Å². The number of hydrogen-bond donors (Lipinski definition) is 1. The van der Waals surface area contributed by atoms with E-state index >= 15 is 0 Å². The average molecular weight is 373 g/mol. The van der Waals surface area contributed by atoms with Gasteiger partial charge >= 0.3 is 11.7 Å². The van der Waals surface area contributed by atoms with Crippen LogP contribution in [0.5, 0.6) is 11.5 Å². The number of carbonyl (C=O) groups is 1. The Morgan fingerprint density at radius 3 is 2.67 bits per heavy atom. The molecular weight excluding hydrogens is 366 g/mol. The molecule has 2 aromatic rings. The normalized spacial score (nSPS) is 10.2. The molecule has 0 atom stereocenters. The van der Waals surface area contributed by atoms with Gasteiger partial charge in [-0.1, -0.05) is 33.6 Å². The van der Waals surface area contributed by atoms with E-state index in [-0.39, 0.29) is 27.8 Å². The van der Waals surface area contributed by atoms with Gasteiger partial charge in [-0.05, 0) is 24.3 Å². The third-order valence-electron chi connectivity index (χ3n) is 2.53. The molecule has 0 aromatic heterocycles. The molecule has 1 N–H and O–H groups in total. The highest BCUT2D eigenvalue weighted by Crippen LogP contribution is 2.39. The van der Waals surface area contributed by atoms with Gasteiger partial charge in [0.2, 0.25) is 5.75 Å². The van der Waals surface area contributed by atoms with Crippen molar-refractivity contribution in [2.24, 2.45) is 0 Å². The molecular formula is C13H7BrClNO5. The summed E-state index contributed by atoms with van der Waals surface area (Å²) in [5.41, 5.74) is -0.486. The summed E-state index contributed by atoms with van der Waals surface area (Å²) < 4.78 is 5.92. The van der Waals surface area contributed by atoms with E-state index in [1.54, 1.807) is 6.07 Å². The number of rotatable bonds is 4. The van der Waals surface area contributed by atoms with Crippen molar-refractivity contribution in [1.29, 1.82) is 0 Å². The number of hydrogen-bond acceptors (Lipinski definition) is 4. The maximum atomic E-state index is 11.2. The second kappa shape index (κ2) is 6.11. The second-order valence-corrected chi connectivity index (χ2v) is 5.22. The van der Waals surface area contributed by atoms with E-state index in [2.05, 4.69) is 15.9 Å². The summed E-state index contributed by atoms with van der Waals surface area (Å²) in [5, 5.41) is 20.1. The smallest absolute Gasteiger partial charge is 0.339 e. The summed E-state index contributed by atoms with van der Waals surface area (Å²) in [4.78, 5) is 21.5. The summed E-state index contributed by atoms with van der Waals surface area (Å²) in [7, 11) is 0. The van der Waals surface area contributed by atoms with Crippen molar-refractivity contribution in [1.82, 2.24) is 0 Å². The summed E-state index contributed by atoms with van der Waals surface area (Å²) in [6.07, 6.45) is 0. The number of nitrogens with zero attached hydrogens (tertiary/aromatic N) is 1. The van der Waals surface area contributed by atoms with Crippen LogP contribution >= 0.6 is 27.5 Å². The average Bonchev–Trinajstić information content (AvgIpc) is 2.42. The number of aromatic carboxylic acids is 1. The Bertz CT molecular complexity index is 734. The lowest BCUT2D eigenvalue weighted by atomic mass is 10.2. The molecule has 0 saturated carbocycles. The zero-order valence-electron chi connectivity index (χ0n) is 10.2. The monoisotopic (exact) mass is 371 g/mol. The number of nitro benzene ring substituents is 1. The second-order valence-electron chi connectivity index (χ2n) is 3.89. The first-order valence-electron chi connectivity index (χ1n) is 5.53. The van der Waals surface area contributed by atoms with Crippen LogP contribution in [0.15, 0.2) is 40.9 Å². The molecule has 0 saturated heterocycles. The Morgan fingerprint density at radius 2 is 2.05 bits per heavy atom. The van der Waals surface area contributed by atoms with Crippen LogP contribution in [-0.4, -0.2) is 16.0 Å². The lowest BCUT2D eigenvalue weighted by Crippen LogP contribution is -2.01. The Balaban J connectivity index is 2.53. The Labute approximate surface area is 132 Å². The van der Waals surface area contributed by atoms with Crippen molar-refractivity contribution < 1.29 is 19.6 Å². The zero-order chi connectivity index (χ0) is 15.6. The van der Waals surface area contributed by atoms with E-state index < -0.39 is 10.9 Å². The van der Waals surface area contributed by atoms with E-state index in [0.717, 1.165) is 0 Å². The molecule has 0 radical (unpaired) electrons. The fraction of sp³-hybridized carbons (Fsp3) is 0. The fourth-order valence-corrected chi connectivity index (χ4v) is 2.18. The number of nitro groups is 1. The first kappa shape index (κ1) is 15.3. The molecule has 0 unspecified atom stereocenters. The molecule has 2 aromatic carbocycles. The van der Waals surface area contributed by atoms with Gasteiger partial charge in [-0.2, -0.15) is 0 Å². The molecule has 0 amide bonds. The molecule has 0 spiro atoms. The third kappa shape index (κ3) is 3.32. The number of carboxylic acid groups (broad SMARTS) is 1. The van der Waals surface area contributed by atoms with Crippen LogP contribution < -0.4 is 4.74 Å². The number of para-hydroxylation sites is 1. The lowest BCUT2D eigenvalue weighted by molar-refractivity contribution is -0.385. The summed E-state index contributed by atoms with van der Waals surface area (Å²) in [6, 6.07) is 8.34. The standard InChI is InChI=1S/C13H7BrClNO5/c14-7-4-5-11(8(6-7)13(17)18)21-12-9(15)2-1-3-10(12)16(19)20/h1-6H,(H,17,18). The molecule has 0 aliphatic carbocycles. The largest absolute Gasteiger partial charge is 0.478 e. The summed E-state index contributed by atoms with van der Waals surface area (Å²) in [6.45, 7) is 0. The van der Waals surface area contributed by atoms with Crippen LogP contribution in [-0.2, 0) is 0 Å². The Hall–Kier alpha value is -2.12. The van der Waals surface area contributed by atoms with Crippen molar-refractivity contribution in [2.45, 2.75) is 0 Å². The molecule has 0 aliphatic rings. The van der Waals surface area contributed by atoms with Crippen molar-refractivity contribution in [3.63, 3.8) is 0 Å². The van der Waals surface area contributed by atoms with E-state index in [9.17, 15) is 14.9 Å². The van der Waals surface area contributed by atoms with Crippen LogP contribution in [0, 0.1) is 10.1 Å². The van der Waals surface area contributed by atoms with E-state index in [0.29, 0.717) is 4.47 Å². The molecule has 0 aliphatic heterocycles. The molecule has 108 valence electrons. The highest BCUT2D eigenvalue weighted by molar-refractivity contribution is 9.10. The van der Waals surface area contributed by atoms with Gasteiger partial charge in [-0.15, -0.1) is 0 Å². The zero-order valence-corrected chi connectivity index (χ0v) is 12.6. The van der Waals surface area contributed by atoms with Crippen molar-refractivity contribution in [2.75, 3.05) is 0 Å². The molecule has 21 heavy (non-hydrogen) atoms. The highest BCUT2D eigenvalue weighted by atomic mass is 79.9. The van der Waals surface area contributed by atoms with Crippen LogP contribution in [0.1, 0.15) is 10.4 Å². The topological polar surface area (TPSA) is 89.7 Å². The van der Waals surface area contributed by atoms with Gasteiger partial charge in [-0.25, -0.2) is 4.79 Å². The van der Waals surface area contributed by atoms with E-state index in [1.165, 1.54) is 30.3 Å². The van der Waals surface area contributed by atoms with E-state index in [4.69, 9.17) is 21.4 Å². The first-order chi connectivity index (χ1) is 9.90. The lowest BCUT2D eigenvalue weighted by Gasteiger charge is -2.10. The minimum atomic E-state index is -1.22. The highest BCUT2D eigenvalue weighted by Gasteiger charge is 2.21. The Kier molecular flexibility index (Phi) is 4.44. The number of carboxylic acids is 1. The molecule has 0 heterocycles. The Morgan fingerprint density at radius 1 is 1.33 bits per heavy atom. The summed E-state index contributed by atoms with van der Waals surface area (Å²) >= 11 is 9.05. The quantitative estimate of drug-likeness (QED) is 0.630. The van der Waals surface area contributed by atoms with Gasteiger partial charge in [0.25, 0.3) is 0 Å². The summed E-state index contributed by atoms with van der Waals surface area (Å²) in [5.74, 6) is -1.46.